The highest BCUT2D eigenvalue weighted by molar-refractivity contribution is 6.35. The maximum Gasteiger partial charge on any atom is 0.228 e. The molecule has 1 saturated heterocycles. The minimum absolute atomic E-state index is 0.0746. The van der Waals surface area contributed by atoms with Gasteiger partial charge in [-0.1, -0.05) is 34.4 Å². The molecule has 2 heterocycles. The van der Waals surface area contributed by atoms with Gasteiger partial charge in [0.25, 0.3) is 0 Å². The molecule has 0 unspecified atom stereocenters. The van der Waals surface area contributed by atoms with Crippen LogP contribution in [0.15, 0.2) is 41.8 Å². The smallest absolute Gasteiger partial charge is 0.228 e. The van der Waals surface area contributed by atoms with Gasteiger partial charge in [-0.2, -0.15) is 0 Å². The Kier molecular flexibility index (Phi) is 6.84. The fourth-order valence-corrected chi connectivity index (χ4v) is 3.32. The van der Waals surface area contributed by atoms with Gasteiger partial charge in [0, 0.05) is 47.0 Å². The number of carbonyl (C=O) groups excluding carboxylic acids is 1. The summed E-state index contributed by atoms with van der Waals surface area (Å²) in [6, 6.07) is 6.99. The minimum atomic E-state index is -0.0771. The molecule has 1 aliphatic heterocycles. The van der Waals surface area contributed by atoms with Crippen molar-refractivity contribution in [3.8, 4) is 0 Å². The maximum atomic E-state index is 12.2. The number of aromatic nitrogens is 2. The summed E-state index contributed by atoms with van der Waals surface area (Å²) >= 11 is 12.1. The maximum absolute atomic E-state index is 12.2. The summed E-state index contributed by atoms with van der Waals surface area (Å²) in [5.41, 5.74) is 0.653. The molecule has 2 aromatic rings. The number of oxime groups is 1. The zero-order valence-corrected chi connectivity index (χ0v) is 16.0. The molecule has 0 bridgehead atoms. The summed E-state index contributed by atoms with van der Waals surface area (Å²) in [4.78, 5) is 27.9. The number of nitrogens with one attached hydrogen (secondary N) is 1. The molecule has 142 valence electrons. The van der Waals surface area contributed by atoms with Crippen LogP contribution in [0.5, 0.6) is 0 Å². The average molecular weight is 408 g/mol. The molecule has 0 saturated carbocycles. The Morgan fingerprint density at radius 2 is 1.89 bits per heavy atom. The predicted octanol–water partition coefficient (Wildman–Crippen LogP) is 3.28. The zero-order chi connectivity index (χ0) is 19.1. The second-order valence-corrected chi connectivity index (χ2v) is 6.84. The van der Waals surface area contributed by atoms with E-state index < -0.39 is 0 Å². The van der Waals surface area contributed by atoms with E-state index in [1.54, 1.807) is 36.7 Å². The highest BCUT2D eigenvalue weighted by Crippen LogP contribution is 2.25. The van der Waals surface area contributed by atoms with Crippen LogP contribution in [0.3, 0.4) is 0 Å². The van der Waals surface area contributed by atoms with E-state index in [9.17, 15) is 4.79 Å². The van der Waals surface area contributed by atoms with Crippen LogP contribution >= 0.6 is 23.2 Å². The fourth-order valence-electron chi connectivity index (χ4n) is 2.81. The van der Waals surface area contributed by atoms with E-state index >= 15 is 0 Å². The van der Waals surface area contributed by atoms with Crippen LogP contribution in [0, 0.1) is 5.92 Å². The van der Waals surface area contributed by atoms with Crippen LogP contribution in [-0.4, -0.2) is 35.3 Å². The third-order valence-corrected chi connectivity index (χ3v) is 5.01. The standard InChI is InChI=1S/C18H19Cl2N5O2/c19-15-3-1-4-16(20)14(15)11-27-24-12-23-17(26)13-5-9-25(10-6-13)18-21-7-2-8-22-18/h1-4,7-8,12-13H,5-6,9-11H2,(H,23,24,26). The van der Waals surface area contributed by atoms with E-state index in [2.05, 4.69) is 25.3 Å². The lowest BCUT2D eigenvalue weighted by Gasteiger charge is -2.30. The Balaban J connectivity index is 1.40. The van der Waals surface area contributed by atoms with Crippen molar-refractivity contribution in [3.63, 3.8) is 0 Å². The molecular weight excluding hydrogens is 389 g/mol. The summed E-state index contributed by atoms with van der Waals surface area (Å²) in [6.07, 6.45) is 6.14. The lowest BCUT2D eigenvalue weighted by atomic mass is 9.96. The van der Waals surface area contributed by atoms with Crippen LogP contribution in [0.2, 0.25) is 10.0 Å². The highest BCUT2D eigenvalue weighted by Gasteiger charge is 2.25. The van der Waals surface area contributed by atoms with Crippen molar-refractivity contribution in [1.82, 2.24) is 15.3 Å². The van der Waals surface area contributed by atoms with Gasteiger partial charge < -0.3 is 15.1 Å². The van der Waals surface area contributed by atoms with Gasteiger partial charge >= 0.3 is 0 Å². The molecule has 1 N–H and O–H groups in total. The SMILES string of the molecule is O=C(N/C=N\OCc1c(Cl)cccc1Cl)C1CCN(c2ncccn2)CC1. The quantitative estimate of drug-likeness (QED) is 0.451. The van der Waals surface area contributed by atoms with Crippen molar-refractivity contribution in [2.45, 2.75) is 19.4 Å². The summed E-state index contributed by atoms with van der Waals surface area (Å²) in [5, 5.41) is 7.41. The van der Waals surface area contributed by atoms with Gasteiger partial charge in [-0.15, -0.1) is 0 Å². The summed E-state index contributed by atoms with van der Waals surface area (Å²) in [7, 11) is 0. The first-order valence-corrected chi connectivity index (χ1v) is 9.30. The van der Waals surface area contributed by atoms with Crippen LogP contribution in [0.4, 0.5) is 5.95 Å². The van der Waals surface area contributed by atoms with E-state index in [4.69, 9.17) is 28.0 Å². The normalized spacial score (nSPS) is 15.1. The van der Waals surface area contributed by atoms with Gasteiger partial charge in [0.1, 0.15) is 12.9 Å². The number of benzene rings is 1. The molecule has 1 fully saturated rings. The Hall–Kier alpha value is -2.38. The van der Waals surface area contributed by atoms with Crippen molar-refractivity contribution in [2.75, 3.05) is 18.0 Å². The number of rotatable bonds is 6. The molecule has 27 heavy (non-hydrogen) atoms. The first-order chi connectivity index (χ1) is 13.1. The van der Waals surface area contributed by atoms with Crippen LogP contribution in [0.1, 0.15) is 18.4 Å². The van der Waals surface area contributed by atoms with Crippen molar-refractivity contribution < 1.29 is 9.63 Å². The van der Waals surface area contributed by atoms with Gasteiger partial charge in [-0.3, -0.25) is 4.79 Å². The molecule has 0 atom stereocenters. The number of halogens is 2. The number of hydrogen-bond acceptors (Lipinski definition) is 6. The first-order valence-electron chi connectivity index (χ1n) is 8.54. The Morgan fingerprint density at radius 1 is 1.22 bits per heavy atom. The number of amides is 1. The lowest BCUT2D eigenvalue weighted by molar-refractivity contribution is -0.124. The molecule has 0 aliphatic carbocycles. The molecule has 0 spiro atoms. The highest BCUT2D eigenvalue weighted by atomic mass is 35.5. The van der Waals surface area contributed by atoms with Crippen molar-refractivity contribution in [1.29, 1.82) is 0 Å². The van der Waals surface area contributed by atoms with E-state index in [0.29, 0.717) is 21.6 Å². The van der Waals surface area contributed by atoms with Gasteiger partial charge in [0.05, 0.1) is 0 Å². The number of nitrogens with zero attached hydrogens (tertiary/aromatic N) is 4. The minimum Gasteiger partial charge on any atom is -0.390 e. The van der Waals surface area contributed by atoms with Crippen LogP contribution in [-0.2, 0) is 16.2 Å². The largest absolute Gasteiger partial charge is 0.390 e. The van der Waals surface area contributed by atoms with E-state index in [-0.39, 0.29) is 18.4 Å². The molecular formula is C18H19Cl2N5O2. The van der Waals surface area contributed by atoms with Gasteiger partial charge in [0.2, 0.25) is 11.9 Å². The predicted molar refractivity (Wildman–Crippen MR) is 105 cm³/mol. The molecule has 9 heteroatoms. The summed E-state index contributed by atoms with van der Waals surface area (Å²) < 4.78 is 0. The van der Waals surface area contributed by atoms with Crippen molar-refractivity contribution >= 4 is 41.4 Å². The molecule has 1 amide bonds. The zero-order valence-electron chi connectivity index (χ0n) is 14.5. The third-order valence-electron chi connectivity index (χ3n) is 4.31. The molecule has 1 aromatic carbocycles. The average Bonchev–Trinajstić information content (AvgIpc) is 2.70. The number of piperidine rings is 1. The summed E-state index contributed by atoms with van der Waals surface area (Å²) in [5.74, 6) is 0.547. The number of carbonyl (C=O) groups is 1. The number of anilines is 1. The van der Waals surface area contributed by atoms with Gasteiger partial charge in [-0.25, -0.2) is 9.97 Å². The van der Waals surface area contributed by atoms with Crippen molar-refractivity contribution in [3.05, 3.63) is 52.3 Å². The first kappa shape index (κ1) is 19.4. The van der Waals surface area contributed by atoms with Gasteiger partial charge in [0.15, 0.2) is 0 Å². The van der Waals surface area contributed by atoms with Gasteiger partial charge in [-0.05, 0) is 31.0 Å². The third kappa shape index (κ3) is 5.30. The van der Waals surface area contributed by atoms with Crippen molar-refractivity contribution in [2.24, 2.45) is 11.1 Å². The van der Waals surface area contributed by atoms with Crippen LogP contribution < -0.4 is 10.2 Å². The summed E-state index contributed by atoms with van der Waals surface area (Å²) in [6.45, 7) is 1.60. The Labute approximate surface area is 167 Å². The molecule has 1 aliphatic rings. The molecule has 3 rings (SSSR count). The van der Waals surface area contributed by atoms with E-state index in [1.807, 2.05) is 0 Å². The lowest BCUT2D eigenvalue weighted by Crippen LogP contribution is -2.40. The topological polar surface area (TPSA) is 79.7 Å². The monoisotopic (exact) mass is 407 g/mol. The molecule has 7 nitrogen and oxygen atoms in total. The second kappa shape index (κ2) is 9.53. The Morgan fingerprint density at radius 3 is 2.56 bits per heavy atom. The second-order valence-electron chi connectivity index (χ2n) is 6.03. The number of hydrogen-bond donors (Lipinski definition) is 1. The van der Waals surface area contributed by atoms with Crippen LogP contribution in [0.25, 0.3) is 0 Å². The van der Waals surface area contributed by atoms with E-state index in [0.717, 1.165) is 25.9 Å². The Bertz CT molecular complexity index is 775. The molecule has 0 radical (unpaired) electrons. The van der Waals surface area contributed by atoms with E-state index in [1.165, 1.54) is 6.34 Å². The fraction of sp³-hybridized carbons (Fsp3) is 0.333. The molecule has 1 aromatic heterocycles.